The average Bonchev–Trinajstić information content (AvgIpc) is 2.55. The third-order valence-corrected chi connectivity index (χ3v) is 3.81. The largest absolute Gasteiger partial charge is 0.345 e. The molecule has 2 heteroatoms. The molecule has 0 spiro atoms. The fourth-order valence-corrected chi connectivity index (χ4v) is 2.35. The first-order valence-corrected chi connectivity index (χ1v) is 7.87. The topological polar surface area (TPSA) is 15.3 Å². The van der Waals surface area contributed by atoms with E-state index in [4.69, 9.17) is 0 Å². The van der Waals surface area contributed by atoms with Crippen molar-refractivity contribution < 1.29 is 0 Å². The summed E-state index contributed by atoms with van der Waals surface area (Å²) in [5.74, 6) is 0. The number of aryl methyl sites for hydroxylation is 1. The van der Waals surface area contributed by atoms with E-state index in [0.717, 1.165) is 19.5 Å². The van der Waals surface area contributed by atoms with Gasteiger partial charge < -0.3 is 10.2 Å². The van der Waals surface area contributed by atoms with Crippen LogP contribution < -0.4 is 10.2 Å². The zero-order valence-corrected chi connectivity index (χ0v) is 13.4. The Bertz CT molecular complexity index is 528. The molecule has 0 heterocycles. The van der Waals surface area contributed by atoms with Crippen LogP contribution >= 0.6 is 0 Å². The van der Waals surface area contributed by atoms with Crippen LogP contribution in [0.5, 0.6) is 0 Å². The van der Waals surface area contributed by atoms with E-state index in [1.165, 1.54) is 28.9 Å². The summed E-state index contributed by atoms with van der Waals surface area (Å²) < 4.78 is 0. The van der Waals surface area contributed by atoms with Gasteiger partial charge in [-0.1, -0.05) is 38.1 Å². The predicted molar refractivity (Wildman–Crippen MR) is 92.3 cm³/mol. The summed E-state index contributed by atoms with van der Waals surface area (Å²) in [6.45, 7) is 6.40. The lowest BCUT2D eigenvalue weighted by molar-refractivity contribution is 0.675. The number of nitrogens with one attached hydrogen (secondary N) is 1. The Balaban J connectivity index is 2.02. The molecule has 0 saturated carbocycles. The van der Waals surface area contributed by atoms with E-state index >= 15 is 0 Å². The number of benzene rings is 2. The molecule has 2 rings (SSSR count). The highest BCUT2D eigenvalue weighted by Crippen LogP contribution is 2.24. The van der Waals surface area contributed by atoms with Gasteiger partial charge in [0.2, 0.25) is 0 Å². The third-order valence-electron chi connectivity index (χ3n) is 3.81. The molecule has 0 radical (unpaired) electrons. The molecule has 0 atom stereocenters. The van der Waals surface area contributed by atoms with Crippen molar-refractivity contribution in [2.45, 2.75) is 33.2 Å². The molecule has 0 bridgehead atoms. The van der Waals surface area contributed by atoms with E-state index < -0.39 is 0 Å². The second-order valence-electron chi connectivity index (χ2n) is 5.42. The fraction of sp³-hybridized carbons (Fsp3) is 0.368. The van der Waals surface area contributed by atoms with Gasteiger partial charge in [-0.05, 0) is 54.8 Å². The van der Waals surface area contributed by atoms with E-state index in [1.807, 2.05) is 0 Å². The highest BCUT2D eigenvalue weighted by Gasteiger charge is 2.04. The van der Waals surface area contributed by atoms with E-state index in [-0.39, 0.29) is 0 Å². The van der Waals surface area contributed by atoms with E-state index in [1.54, 1.807) is 0 Å². The Morgan fingerprint density at radius 2 is 1.33 bits per heavy atom. The molecule has 0 aliphatic carbocycles. The molecule has 1 N–H and O–H groups in total. The number of hydrogen-bond acceptors (Lipinski definition) is 2. The van der Waals surface area contributed by atoms with Crippen molar-refractivity contribution in [2.75, 3.05) is 18.5 Å². The van der Waals surface area contributed by atoms with Crippen molar-refractivity contribution in [3.8, 4) is 0 Å². The van der Waals surface area contributed by atoms with E-state index in [9.17, 15) is 0 Å². The van der Waals surface area contributed by atoms with Crippen molar-refractivity contribution >= 4 is 11.4 Å². The molecular weight excluding hydrogens is 256 g/mol. The number of rotatable bonds is 7. The Hall–Kier alpha value is -1.80. The van der Waals surface area contributed by atoms with Crippen molar-refractivity contribution in [2.24, 2.45) is 0 Å². The molecular formula is C19H26N2. The van der Waals surface area contributed by atoms with Crippen LogP contribution in [0.25, 0.3) is 0 Å². The van der Waals surface area contributed by atoms with E-state index in [0.29, 0.717) is 0 Å². The third kappa shape index (κ3) is 4.33. The predicted octanol–water partition coefficient (Wildman–Crippen LogP) is 4.52. The molecule has 0 unspecified atom stereocenters. The Morgan fingerprint density at radius 3 is 1.81 bits per heavy atom. The zero-order valence-electron chi connectivity index (χ0n) is 13.4. The van der Waals surface area contributed by atoms with Crippen molar-refractivity contribution in [3.63, 3.8) is 0 Å². The van der Waals surface area contributed by atoms with Crippen LogP contribution in [0.15, 0.2) is 48.5 Å². The molecule has 0 aromatic heterocycles. The minimum absolute atomic E-state index is 0.947. The summed E-state index contributed by atoms with van der Waals surface area (Å²) in [6.07, 6.45) is 2.26. The monoisotopic (exact) mass is 282 g/mol. The summed E-state index contributed by atoms with van der Waals surface area (Å²) in [5, 5.41) is 3.43. The van der Waals surface area contributed by atoms with Gasteiger partial charge in [0, 0.05) is 25.0 Å². The van der Waals surface area contributed by atoms with E-state index in [2.05, 4.69) is 79.6 Å². The first-order chi connectivity index (χ1) is 10.2. The van der Waals surface area contributed by atoms with Crippen LogP contribution in [0, 0.1) is 0 Å². The van der Waals surface area contributed by atoms with Gasteiger partial charge in [-0.25, -0.2) is 0 Å². The first-order valence-electron chi connectivity index (χ1n) is 7.87. The summed E-state index contributed by atoms with van der Waals surface area (Å²) in [7, 11) is 2.12. The lowest BCUT2D eigenvalue weighted by Crippen LogP contribution is -2.14. The van der Waals surface area contributed by atoms with Crippen LogP contribution in [-0.4, -0.2) is 13.6 Å². The highest BCUT2D eigenvalue weighted by molar-refractivity contribution is 5.62. The second-order valence-corrected chi connectivity index (χ2v) is 5.42. The summed E-state index contributed by atoms with van der Waals surface area (Å²) in [4.78, 5) is 2.22. The maximum absolute atomic E-state index is 3.43. The molecule has 0 amide bonds. The lowest BCUT2D eigenvalue weighted by Gasteiger charge is -2.20. The van der Waals surface area contributed by atoms with Gasteiger partial charge in [-0.3, -0.25) is 0 Å². The number of nitrogens with zero attached hydrogens (tertiary/aromatic N) is 1. The Morgan fingerprint density at radius 1 is 0.810 bits per heavy atom. The molecule has 21 heavy (non-hydrogen) atoms. The number of hydrogen-bond donors (Lipinski definition) is 1. The zero-order chi connectivity index (χ0) is 15.1. The molecule has 2 aromatic carbocycles. The van der Waals surface area contributed by atoms with Gasteiger partial charge in [0.25, 0.3) is 0 Å². The van der Waals surface area contributed by atoms with Crippen LogP contribution in [0.3, 0.4) is 0 Å². The standard InChI is InChI=1S/C19H26N2/c1-4-14-20-15-17-8-12-19(13-9-17)21(3)18-10-6-16(5-2)7-11-18/h6-13,20H,4-5,14-15H2,1-3H3. The average molecular weight is 282 g/mol. The molecule has 2 aromatic rings. The summed E-state index contributed by atoms with van der Waals surface area (Å²) in [6, 6.07) is 17.6. The van der Waals surface area contributed by atoms with Gasteiger partial charge in [-0.2, -0.15) is 0 Å². The van der Waals surface area contributed by atoms with Crippen molar-refractivity contribution in [3.05, 3.63) is 59.7 Å². The van der Waals surface area contributed by atoms with Gasteiger partial charge in [0.15, 0.2) is 0 Å². The Labute approximate surface area is 128 Å². The Kier molecular flexibility index (Phi) is 5.82. The minimum Gasteiger partial charge on any atom is -0.345 e. The minimum atomic E-state index is 0.947. The van der Waals surface area contributed by atoms with Crippen molar-refractivity contribution in [1.82, 2.24) is 5.32 Å². The smallest absolute Gasteiger partial charge is 0.0408 e. The first kappa shape index (κ1) is 15.6. The maximum atomic E-state index is 3.43. The molecule has 2 nitrogen and oxygen atoms in total. The van der Waals surface area contributed by atoms with Crippen LogP contribution in [0.4, 0.5) is 11.4 Å². The van der Waals surface area contributed by atoms with Gasteiger partial charge in [0.1, 0.15) is 0 Å². The van der Waals surface area contributed by atoms with Crippen LogP contribution in [0.2, 0.25) is 0 Å². The quantitative estimate of drug-likeness (QED) is 0.751. The molecule has 0 aliphatic heterocycles. The fourth-order valence-electron chi connectivity index (χ4n) is 2.35. The highest BCUT2D eigenvalue weighted by atomic mass is 15.1. The molecule has 0 fully saturated rings. The SMILES string of the molecule is CCCNCc1ccc(N(C)c2ccc(CC)cc2)cc1. The number of anilines is 2. The second kappa shape index (κ2) is 7.84. The van der Waals surface area contributed by atoms with Gasteiger partial charge >= 0.3 is 0 Å². The molecule has 0 aliphatic rings. The molecule has 112 valence electrons. The summed E-state index contributed by atoms with van der Waals surface area (Å²) in [5.41, 5.74) is 5.16. The van der Waals surface area contributed by atoms with Gasteiger partial charge in [-0.15, -0.1) is 0 Å². The van der Waals surface area contributed by atoms with Crippen LogP contribution in [-0.2, 0) is 13.0 Å². The van der Waals surface area contributed by atoms with Gasteiger partial charge in [0.05, 0.1) is 0 Å². The van der Waals surface area contributed by atoms with Crippen LogP contribution in [0.1, 0.15) is 31.4 Å². The molecule has 0 saturated heterocycles. The van der Waals surface area contributed by atoms with Crippen molar-refractivity contribution in [1.29, 1.82) is 0 Å². The summed E-state index contributed by atoms with van der Waals surface area (Å²) >= 11 is 0. The maximum Gasteiger partial charge on any atom is 0.0408 e. The normalized spacial score (nSPS) is 10.6. The lowest BCUT2D eigenvalue weighted by atomic mass is 10.1.